The normalized spacial score (nSPS) is 19.1. The smallest absolute Gasteiger partial charge is 0.245 e. The number of nitrogens with zero attached hydrogens (tertiary/aromatic N) is 2. The van der Waals surface area contributed by atoms with Crippen molar-refractivity contribution in [3.63, 3.8) is 0 Å². The first-order valence-electron chi connectivity index (χ1n) is 7.70. The van der Waals surface area contributed by atoms with Gasteiger partial charge in [-0.3, -0.25) is 9.59 Å². The fourth-order valence-corrected chi connectivity index (χ4v) is 3.42. The maximum atomic E-state index is 12.5. The van der Waals surface area contributed by atoms with Crippen LogP contribution in [0.3, 0.4) is 0 Å². The second-order valence-electron chi connectivity index (χ2n) is 5.58. The Hall–Kier alpha value is -1.36. The summed E-state index contributed by atoms with van der Waals surface area (Å²) in [7, 11) is 1.83. The van der Waals surface area contributed by atoms with E-state index in [1.807, 2.05) is 23.4 Å². The van der Waals surface area contributed by atoms with Crippen LogP contribution in [0, 0.1) is 0 Å². The molecule has 1 aliphatic heterocycles. The number of thiophene rings is 1. The van der Waals surface area contributed by atoms with Crippen molar-refractivity contribution in [1.82, 2.24) is 9.80 Å². The second kappa shape index (κ2) is 7.59. The van der Waals surface area contributed by atoms with Gasteiger partial charge < -0.3 is 9.80 Å². The van der Waals surface area contributed by atoms with Crippen molar-refractivity contribution >= 4 is 23.2 Å². The first kappa shape index (κ1) is 16.0. The molecule has 21 heavy (non-hydrogen) atoms. The molecule has 0 spiro atoms. The molecule has 1 atom stereocenters. The van der Waals surface area contributed by atoms with Crippen molar-refractivity contribution < 1.29 is 9.59 Å². The Balaban J connectivity index is 1.97. The Kier molecular flexibility index (Phi) is 5.79. The van der Waals surface area contributed by atoms with E-state index in [1.165, 1.54) is 4.88 Å². The van der Waals surface area contributed by atoms with Crippen LogP contribution in [-0.4, -0.2) is 47.8 Å². The average molecular weight is 308 g/mol. The van der Waals surface area contributed by atoms with Crippen LogP contribution >= 0.6 is 11.3 Å². The molecule has 0 bridgehead atoms. The lowest BCUT2D eigenvalue weighted by molar-refractivity contribution is -0.150. The first-order valence-corrected chi connectivity index (χ1v) is 8.58. The van der Waals surface area contributed by atoms with E-state index in [9.17, 15) is 9.59 Å². The Bertz CT molecular complexity index is 473. The van der Waals surface area contributed by atoms with Crippen LogP contribution in [0.25, 0.3) is 0 Å². The minimum Gasteiger partial charge on any atom is -0.342 e. The number of hydrogen-bond donors (Lipinski definition) is 0. The van der Waals surface area contributed by atoms with Crippen molar-refractivity contribution in [2.45, 2.75) is 45.1 Å². The predicted molar refractivity (Wildman–Crippen MR) is 85.3 cm³/mol. The number of piperazine rings is 1. The van der Waals surface area contributed by atoms with Gasteiger partial charge in [0.2, 0.25) is 11.8 Å². The van der Waals surface area contributed by atoms with Crippen LogP contribution in [0.2, 0.25) is 0 Å². The third-order valence-corrected chi connectivity index (χ3v) is 4.97. The largest absolute Gasteiger partial charge is 0.342 e. The van der Waals surface area contributed by atoms with Gasteiger partial charge in [-0.2, -0.15) is 0 Å². The third-order valence-electron chi connectivity index (χ3n) is 4.03. The number of likely N-dealkylation sites (N-methyl/N-ethyl adjacent to an activating group) is 1. The Morgan fingerprint density at radius 1 is 1.43 bits per heavy atom. The lowest BCUT2D eigenvalue weighted by Crippen LogP contribution is -2.57. The summed E-state index contributed by atoms with van der Waals surface area (Å²) in [5, 5.41) is 2.03. The summed E-state index contributed by atoms with van der Waals surface area (Å²) < 4.78 is 0. The monoisotopic (exact) mass is 308 g/mol. The van der Waals surface area contributed by atoms with Crippen LogP contribution in [-0.2, 0) is 16.0 Å². The zero-order chi connectivity index (χ0) is 15.2. The SMILES string of the molecule is CCCC[C@@H]1C(=O)N(C)CCN1C(=O)CCc1cccs1. The summed E-state index contributed by atoms with van der Waals surface area (Å²) in [5.74, 6) is 0.213. The summed E-state index contributed by atoms with van der Waals surface area (Å²) in [6, 6.07) is 3.81. The van der Waals surface area contributed by atoms with Crippen molar-refractivity contribution in [3.05, 3.63) is 22.4 Å². The number of carbonyl (C=O) groups is 2. The fraction of sp³-hybridized carbons (Fsp3) is 0.625. The highest BCUT2D eigenvalue weighted by Gasteiger charge is 2.34. The molecule has 1 saturated heterocycles. The minimum atomic E-state index is -0.250. The highest BCUT2D eigenvalue weighted by molar-refractivity contribution is 7.09. The van der Waals surface area contributed by atoms with E-state index in [0.29, 0.717) is 19.5 Å². The van der Waals surface area contributed by atoms with Gasteiger partial charge in [-0.05, 0) is 24.3 Å². The second-order valence-corrected chi connectivity index (χ2v) is 6.62. The number of hydrogen-bond acceptors (Lipinski definition) is 3. The molecule has 0 saturated carbocycles. The molecule has 0 aromatic carbocycles. The number of aryl methyl sites for hydroxylation is 1. The van der Waals surface area contributed by atoms with Gasteiger partial charge in [-0.25, -0.2) is 0 Å². The van der Waals surface area contributed by atoms with E-state index >= 15 is 0 Å². The molecule has 2 amide bonds. The summed E-state index contributed by atoms with van der Waals surface area (Å²) >= 11 is 1.68. The standard InChI is InChI=1S/C16H24N2O2S/c1-3-4-7-14-16(20)17(2)10-11-18(14)15(19)9-8-13-6-5-12-21-13/h5-6,12,14H,3-4,7-11H2,1-2H3/t14-/m1/s1. The Morgan fingerprint density at radius 3 is 2.90 bits per heavy atom. The first-order chi connectivity index (χ1) is 10.1. The molecule has 0 unspecified atom stereocenters. The van der Waals surface area contributed by atoms with E-state index in [2.05, 4.69) is 13.0 Å². The zero-order valence-electron chi connectivity index (χ0n) is 12.9. The quantitative estimate of drug-likeness (QED) is 0.810. The molecule has 2 rings (SSSR count). The number of amides is 2. The van der Waals surface area contributed by atoms with Gasteiger partial charge in [-0.1, -0.05) is 25.8 Å². The van der Waals surface area contributed by atoms with Crippen LogP contribution in [0.15, 0.2) is 17.5 Å². The van der Waals surface area contributed by atoms with E-state index < -0.39 is 0 Å². The molecule has 5 heteroatoms. The number of unbranched alkanes of at least 4 members (excludes halogenated alkanes) is 1. The fourth-order valence-electron chi connectivity index (χ4n) is 2.72. The van der Waals surface area contributed by atoms with Gasteiger partial charge in [0.05, 0.1) is 0 Å². The summed E-state index contributed by atoms with van der Waals surface area (Å²) in [6.45, 7) is 3.42. The average Bonchev–Trinajstić information content (AvgIpc) is 2.99. The zero-order valence-corrected chi connectivity index (χ0v) is 13.7. The maximum Gasteiger partial charge on any atom is 0.245 e. The minimum absolute atomic E-state index is 0.0965. The topological polar surface area (TPSA) is 40.6 Å². The van der Waals surface area contributed by atoms with Crippen molar-refractivity contribution in [2.75, 3.05) is 20.1 Å². The van der Waals surface area contributed by atoms with Crippen molar-refractivity contribution in [3.8, 4) is 0 Å². The summed E-state index contributed by atoms with van der Waals surface area (Å²) in [6.07, 6.45) is 4.09. The van der Waals surface area contributed by atoms with Gasteiger partial charge in [0, 0.05) is 31.4 Å². The van der Waals surface area contributed by atoms with Crippen LogP contribution < -0.4 is 0 Å². The lowest BCUT2D eigenvalue weighted by Gasteiger charge is -2.39. The molecule has 2 heterocycles. The Labute approximate surface area is 130 Å². The molecule has 1 aromatic heterocycles. The number of rotatable bonds is 6. The third kappa shape index (κ3) is 4.06. The highest BCUT2D eigenvalue weighted by atomic mass is 32.1. The van der Waals surface area contributed by atoms with Gasteiger partial charge in [0.15, 0.2) is 0 Å². The Morgan fingerprint density at radius 2 is 2.24 bits per heavy atom. The van der Waals surface area contributed by atoms with Gasteiger partial charge in [-0.15, -0.1) is 11.3 Å². The van der Waals surface area contributed by atoms with Crippen LogP contribution in [0.1, 0.15) is 37.5 Å². The summed E-state index contributed by atoms with van der Waals surface area (Å²) in [4.78, 5) is 29.6. The molecular formula is C16H24N2O2S. The summed E-state index contributed by atoms with van der Waals surface area (Å²) in [5.41, 5.74) is 0. The van der Waals surface area contributed by atoms with Gasteiger partial charge in [0.25, 0.3) is 0 Å². The molecule has 0 radical (unpaired) electrons. The van der Waals surface area contributed by atoms with Crippen molar-refractivity contribution in [1.29, 1.82) is 0 Å². The van der Waals surface area contributed by atoms with Gasteiger partial charge >= 0.3 is 0 Å². The maximum absolute atomic E-state index is 12.5. The van der Waals surface area contributed by atoms with Crippen molar-refractivity contribution in [2.24, 2.45) is 0 Å². The molecule has 1 aliphatic rings. The van der Waals surface area contributed by atoms with Gasteiger partial charge in [0.1, 0.15) is 6.04 Å². The van der Waals surface area contributed by atoms with E-state index in [4.69, 9.17) is 0 Å². The highest BCUT2D eigenvalue weighted by Crippen LogP contribution is 2.19. The lowest BCUT2D eigenvalue weighted by atomic mass is 10.0. The van der Waals surface area contributed by atoms with Crippen LogP contribution in [0.4, 0.5) is 0 Å². The predicted octanol–water partition coefficient (Wildman–Crippen LogP) is 2.54. The molecule has 0 N–H and O–H groups in total. The molecule has 1 aromatic rings. The van der Waals surface area contributed by atoms with E-state index in [1.54, 1.807) is 16.2 Å². The molecule has 1 fully saturated rings. The van der Waals surface area contributed by atoms with E-state index in [0.717, 1.165) is 25.7 Å². The molecule has 4 nitrogen and oxygen atoms in total. The molecular weight excluding hydrogens is 284 g/mol. The molecule has 0 aliphatic carbocycles. The molecule has 116 valence electrons. The number of carbonyl (C=O) groups excluding carboxylic acids is 2. The van der Waals surface area contributed by atoms with E-state index in [-0.39, 0.29) is 17.9 Å². The van der Waals surface area contributed by atoms with Crippen LogP contribution in [0.5, 0.6) is 0 Å².